The molecule has 1 nitrogen and oxygen atoms in total. The summed E-state index contributed by atoms with van der Waals surface area (Å²) in [4.78, 5) is 0. The molecule has 0 amide bonds. The minimum atomic E-state index is 0.972. The van der Waals surface area contributed by atoms with Gasteiger partial charge in [-0.25, -0.2) is 0 Å². The van der Waals surface area contributed by atoms with E-state index in [0.29, 0.717) is 0 Å². The minimum absolute atomic E-state index is 0.972. The largest absolute Gasteiger partial charge is 0.496 e. The van der Waals surface area contributed by atoms with Crippen LogP contribution in [0.4, 0.5) is 0 Å². The number of benzene rings is 1. The van der Waals surface area contributed by atoms with Crippen molar-refractivity contribution >= 4 is 15.9 Å². The zero-order chi connectivity index (χ0) is 8.43. The fourth-order valence-corrected chi connectivity index (χ4v) is 1.43. The molecule has 0 saturated carbocycles. The molecule has 1 aromatic rings. The van der Waals surface area contributed by atoms with Gasteiger partial charge in [0, 0.05) is 10.0 Å². The lowest BCUT2D eigenvalue weighted by Gasteiger charge is -2.08. The first-order valence-electron chi connectivity index (χ1n) is 3.46. The average Bonchev–Trinajstić information content (AvgIpc) is 1.99. The van der Waals surface area contributed by atoms with Gasteiger partial charge in [0.25, 0.3) is 0 Å². The van der Waals surface area contributed by atoms with E-state index in [0.717, 1.165) is 15.8 Å². The van der Waals surface area contributed by atoms with Crippen LogP contribution in [0.1, 0.15) is 11.1 Å². The summed E-state index contributed by atoms with van der Waals surface area (Å²) in [7, 11) is 1.70. The van der Waals surface area contributed by atoms with Crippen molar-refractivity contribution in [2.24, 2.45) is 0 Å². The maximum atomic E-state index is 5.23. The van der Waals surface area contributed by atoms with E-state index in [1.807, 2.05) is 26.0 Å². The highest BCUT2D eigenvalue weighted by molar-refractivity contribution is 9.10. The number of methoxy groups -OCH3 is 1. The summed E-state index contributed by atoms with van der Waals surface area (Å²) < 4.78 is 6.32. The first-order valence-corrected chi connectivity index (χ1v) is 4.26. The second-order valence-corrected chi connectivity index (χ2v) is 3.38. The number of aryl methyl sites for hydroxylation is 1. The number of hydrogen-bond acceptors (Lipinski definition) is 1. The minimum Gasteiger partial charge on any atom is -0.496 e. The Bertz CT molecular complexity index is 269. The molecule has 0 atom stereocenters. The van der Waals surface area contributed by atoms with Crippen molar-refractivity contribution < 1.29 is 4.74 Å². The highest BCUT2D eigenvalue weighted by Gasteiger charge is 2.04. The van der Waals surface area contributed by atoms with Crippen molar-refractivity contribution in [3.8, 4) is 5.75 Å². The Morgan fingerprint density at radius 1 is 1.27 bits per heavy atom. The molecule has 2 heteroatoms. The molecule has 60 valence electrons. The molecule has 0 aliphatic rings. The van der Waals surface area contributed by atoms with E-state index in [1.54, 1.807) is 7.11 Å². The Hall–Kier alpha value is -0.500. The van der Waals surface area contributed by atoms with Crippen LogP contribution in [0, 0.1) is 13.8 Å². The fourth-order valence-electron chi connectivity index (χ4n) is 1.12. The van der Waals surface area contributed by atoms with E-state index >= 15 is 0 Å². The van der Waals surface area contributed by atoms with E-state index in [1.165, 1.54) is 5.56 Å². The first-order chi connectivity index (χ1) is 5.16. The molecule has 1 rings (SSSR count). The predicted molar refractivity (Wildman–Crippen MR) is 50.2 cm³/mol. The molecule has 0 bridgehead atoms. The van der Waals surface area contributed by atoms with Gasteiger partial charge in [-0.2, -0.15) is 0 Å². The summed E-state index contributed by atoms with van der Waals surface area (Å²) >= 11 is 3.44. The molecule has 0 N–H and O–H groups in total. The van der Waals surface area contributed by atoms with Crippen molar-refractivity contribution in [2.75, 3.05) is 7.11 Å². The molecule has 1 aromatic carbocycles. The molecule has 0 aliphatic carbocycles. The van der Waals surface area contributed by atoms with Crippen molar-refractivity contribution in [3.05, 3.63) is 27.7 Å². The highest BCUT2D eigenvalue weighted by atomic mass is 79.9. The zero-order valence-electron chi connectivity index (χ0n) is 6.94. The third-order valence-electron chi connectivity index (χ3n) is 1.74. The van der Waals surface area contributed by atoms with Gasteiger partial charge in [0.05, 0.1) is 7.11 Å². The van der Waals surface area contributed by atoms with Gasteiger partial charge in [-0.1, -0.05) is 22.0 Å². The molecule has 0 saturated heterocycles. The SMILES string of the molecule is COc1c(C)ccc(Br)c1C. The first kappa shape index (κ1) is 8.60. The van der Waals surface area contributed by atoms with Crippen LogP contribution >= 0.6 is 15.9 Å². The monoisotopic (exact) mass is 214 g/mol. The van der Waals surface area contributed by atoms with Crippen LogP contribution in [0.25, 0.3) is 0 Å². The van der Waals surface area contributed by atoms with Crippen molar-refractivity contribution in [3.63, 3.8) is 0 Å². The third kappa shape index (κ3) is 1.56. The van der Waals surface area contributed by atoms with Crippen LogP contribution in [0.5, 0.6) is 5.75 Å². The van der Waals surface area contributed by atoms with Crippen molar-refractivity contribution in [1.82, 2.24) is 0 Å². The lowest BCUT2D eigenvalue weighted by molar-refractivity contribution is 0.408. The Kier molecular flexibility index (Phi) is 2.55. The normalized spacial score (nSPS) is 9.82. The van der Waals surface area contributed by atoms with Gasteiger partial charge in [0.1, 0.15) is 5.75 Å². The fraction of sp³-hybridized carbons (Fsp3) is 0.333. The molecule has 0 heterocycles. The van der Waals surface area contributed by atoms with E-state index in [4.69, 9.17) is 4.74 Å². The van der Waals surface area contributed by atoms with Crippen molar-refractivity contribution in [2.45, 2.75) is 13.8 Å². The molecule has 0 fully saturated rings. The van der Waals surface area contributed by atoms with Crippen LogP contribution in [0.15, 0.2) is 16.6 Å². The summed E-state index contributed by atoms with van der Waals surface area (Å²) in [6, 6.07) is 4.07. The Labute approximate surface area is 75.5 Å². The van der Waals surface area contributed by atoms with Gasteiger partial charge < -0.3 is 4.74 Å². The maximum absolute atomic E-state index is 5.23. The van der Waals surface area contributed by atoms with Gasteiger partial charge in [0.2, 0.25) is 0 Å². The summed E-state index contributed by atoms with van der Waals surface area (Å²) in [5.41, 5.74) is 2.33. The van der Waals surface area contributed by atoms with E-state index in [2.05, 4.69) is 15.9 Å². The van der Waals surface area contributed by atoms with Crippen molar-refractivity contribution in [1.29, 1.82) is 0 Å². The number of hydrogen-bond donors (Lipinski definition) is 0. The van der Waals surface area contributed by atoms with Crippen LogP contribution in [0.3, 0.4) is 0 Å². The molecule has 0 spiro atoms. The van der Waals surface area contributed by atoms with Gasteiger partial charge in [0.15, 0.2) is 0 Å². The Morgan fingerprint density at radius 2 is 1.91 bits per heavy atom. The Balaban J connectivity index is 3.29. The lowest BCUT2D eigenvalue weighted by Crippen LogP contribution is -1.90. The molecular weight excluding hydrogens is 204 g/mol. The van der Waals surface area contributed by atoms with Crippen LogP contribution in [-0.4, -0.2) is 7.11 Å². The smallest absolute Gasteiger partial charge is 0.125 e. The summed E-state index contributed by atoms with van der Waals surface area (Å²) in [5.74, 6) is 0.972. The van der Waals surface area contributed by atoms with Crippen LogP contribution in [-0.2, 0) is 0 Å². The lowest BCUT2D eigenvalue weighted by atomic mass is 10.1. The molecular formula is C9H11BrO. The Morgan fingerprint density at radius 3 is 2.36 bits per heavy atom. The van der Waals surface area contributed by atoms with E-state index in [-0.39, 0.29) is 0 Å². The highest BCUT2D eigenvalue weighted by Crippen LogP contribution is 2.28. The zero-order valence-corrected chi connectivity index (χ0v) is 8.53. The van der Waals surface area contributed by atoms with Gasteiger partial charge in [-0.15, -0.1) is 0 Å². The maximum Gasteiger partial charge on any atom is 0.125 e. The molecule has 0 radical (unpaired) electrons. The second-order valence-electron chi connectivity index (χ2n) is 2.52. The average molecular weight is 215 g/mol. The molecule has 0 aliphatic heterocycles. The summed E-state index contributed by atoms with van der Waals surface area (Å²) in [6.07, 6.45) is 0. The number of rotatable bonds is 1. The summed E-state index contributed by atoms with van der Waals surface area (Å²) in [5, 5.41) is 0. The third-order valence-corrected chi connectivity index (χ3v) is 2.60. The predicted octanol–water partition coefficient (Wildman–Crippen LogP) is 3.07. The van der Waals surface area contributed by atoms with Gasteiger partial charge >= 0.3 is 0 Å². The molecule has 0 unspecified atom stereocenters. The van der Waals surface area contributed by atoms with Crippen LogP contribution in [0.2, 0.25) is 0 Å². The van der Waals surface area contributed by atoms with E-state index < -0.39 is 0 Å². The molecule has 11 heavy (non-hydrogen) atoms. The van der Waals surface area contributed by atoms with Crippen LogP contribution < -0.4 is 4.74 Å². The standard InChI is InChI=1S/C9H11BrO/c1-6-4-5-8(10)7(2)9(6)11-3/h4-5H,1-3H3. The van der Waals surface area contributed by atoms with Gasteiger partial charge in [-0.05, 0) is 25.5 Å². The quantitative estimate of drug-likeness (QED) is 0.699. The number of halogens is 1. The topological polar surface area (TPSA) is 9.23 Å². The van der Waals surface area contributed by atoms with Gasteiger partial charge in [-0.3, -0.25) is 0 Å². The summed E-state index contributed by atoms with van der Waals surface area (Å²) in [6.45, 7) is 4.08. The number of ether oxygens (including phenoxy) is 1. The second kappa shape index (κ2) is 3.26. The van der Waals surface area contributed by atoms with E-state index in [9.17, 15) is 0 Å². The molecule has 0 aromatic heterocycles.